The minimum Gasteiger partial charge on any atom is -0.348 e. The van der Waals surface area contributed by atoms with Gasteiger partial charge in [0, 0.05) is 37.6 Å². The van der Waals surface area contributed by atoms with Crippen molar-refractivity contribution < 1.29 is 13.2 Å². The number of carbonyl (C=O) groups is 1. The predicted molar refractivity (Wildman–Crippen MR) is 95.7 cm³/mol. The lowest BCUT2D eigenvalue weighted by Crippen LogP contribution is -2.33. The average Bonchev–Trinajstić information content (AvgIpc) is 2.92. The van der Waals surface area contributed by atoms with Crippen LogP contribution in [0.1, 0.15) is 37.7 Å². The highest BCUT2D eigenvalue weighted by molar-refractivity contribution is 7.89. The van der Waals surface area contributed by atoms with Crippen LogP contribution in [0.25, 0.3) is 10.9 Å². The quantitative estimate of drug-likeness (QED) is 0.869. The number of rotatable bonds is 6. The van der Waals surface area contributed by atoms with Gasteiger partial charge in [0.1, 0.15) is 5.69 Å². The number of aromatic nitrogens is 1. The van der Waals surface area contributed by atoms with Crippen LogP contribution in [0.2, 0.25) is 0 Å². The second kappa shape index (κ2) is 6.94. The highest BCUT2D eigenvalue weighted by Crippen LogP contribution is 2.24. The molecule has 0 aliphatic carbocycles. The Morgan fingerprint density at radius 1 is 1.25 bits per heavy atom. The van der Waals surface area contributed by atoms with Gasteiger partial charge < -0.3 is 9.88 Å². The Labute approximate surface area is 143 Å². The molecule has 1 aromatic heterocycles. The molecule has 0 bridgehead atoms. The van der Waals surface area contributed by atoms with Crippen LogP contribution in [0.15, 0.2) is 29.2 Å². The van der Waals surface area contributed by atoms with Gasteiger partial charge in [-0.25, -0.2) is 12.7 Å². The van der Waals surface area contributed by atoms with Gasteiger partial charge in [-0.3, -0.25) is 4.79 Å². The van der Waals surface area contributed by atoms with Gasteiger partial charge in [0.05, 0.1) is 4.90 Å². The zero-order chi connectivity index (χ0) is 18.1. The number of amides is 1. The van der Waals surface area contributed by atoms with Crippen molar-refractivity contribution in [1.82, 2.24) is 14.2 Å². The third kappa shape index (κ3) is 3.32. The molecule has 0 spiro atoms. The first-order chi connectivity index (χ1) is 11.2. The summed E-state index contributed by atoms with van der Waals surface area (Å²) in [5, 5.41) is 3.70. The number of aryl methyl sites for hydroxylation is 1. The van der Waals surface area contributed by atoms with Crippen molar-refractivity contribution in [3.05, 3.63) is 30.0 Å². The van der Waals surface area contributed by atoms with Crippen molar-refractivity contribution in [2.45, 2.75) is 44.7 Å². The Hall–Kier alpha value is -1.86. The Morgan fingerprint density at radius 3 is 2.46 bits per heavy atom. The monoisotopic (exact) mass is 351 g/mol. The molecule has 0 aliphatic heterocycles. The van der Waals surface area contributed by atoms with Crippen LogP contribution in [0.5, 0.6) is 0 Å². The van der Waals surface area contributed by atoms with E-state index in [1.165, 1.54) is 18.4 Å². The molecular formula is C17H25N3O3S. The van der Waals surface area contributed by atoms with Crippen LogP contribution in [0.3, 0.4) is 0 Å². The molecular weight excluding hydrogens is 326 g/mol. The first kappa shape index (κ1) is 18.5. The Morgan fingerprint density at radius 2 is 1.92 bits per heavy atom. The normalized spacial score (nSPS) is 13.4. The molecule has 0 radical (unpaired) electrons. The molecule has 1 N–H and O–H groups in total. The van der Waals surface area contributed by atoms with Crippen molar-refractivity contribution in [3.63, 3.8) is 0 Å². The minimum absolute atomic E-state index is 0.0884. The minimum atomic E-state index is -3.50. The van der Waals surface area contributed by atoms with Crippen molar-refractivity contribution in [3.8, 4) is 0 Å². The van der Waals surface area contributed by atoms with Gasteiger partial charge in [-0.2, -0.15) is 0 Å². The molecule has 0 fully saturated rings. The Bertz CT molecular complexity index is 853. The second-order valence-electron chi connectivity index (χ2n) is 6.06. The highest BCUT2D eigenvalue weighted by atomic mass is 32.2. The number of hydrogen-bond acceptors (Lipinski definition) is 3. The SMILES string of the molecule is CCC(C)NC(=O)c1cc2cc(S(=O)(=O)N(C)C)ccc2n1CC. The maximum atomic E-state index is 12.5. The molecule has 0 aliphatic rings. The summed E-state index contributed by atoms with van der Waals surface area (Å²) in [4.78, 5) is 12.7. The van der Waals surface area contributed by atoms with Crippen LogP contribution in [-0.2, 0) is 16.6 Å². The molecule has 6 nitrogen and oxygen atoms in total. The standard InChI is InChI=1S/C17H25N3O3S/c1-6-12(3)18-17(21)16-11-13-10-14(24(22,23)19(4)5)8-9-15(13)20(16)7-2/h8-12H,6-7H2,1-5H3,(H,18,21). The lowest BCUT2D eigenvalue weighted by atomic mass is 10.2. The van der Waals surface area contributed by atoms with Gasteiger partial charge in [0.2, 0.25) is 10.0 Å². The number of nitrogens with one attached hydrogen (secondary N) is 1. The van der Waals surface area contributed by atoms with Crippen molar-refractivity contribution in [2.75, 3.05) is 14.1 Å². The van der Waals surface area contributed by atoms with Crippen LogP contribution in [-0.4, -0.2) is 43.3 Å². The molecule has 0 saturated heterocycles. The predicted octanol–water partition coefficient (Wildman–Crippen LogP) is 2.44. The number of hydrogen-bond donors (Lipinski definition) is 1. The number of nitrogens with zero attached hydrogens (tertiary/aromatic N) is 2. The topological polar surface area (TPSA) is 71.4 Å². The van der Waals surface area contributed by atoms with Gasteiger partial charge in [-0.1, -0.05) is 6.92 Å². The third-order valence-corrected chi connectivity index (χ3v) is 6.00. The van der Waals surface area contributed by atoms with Crippen molar-refractivity contribution in [2.24, 2.45) is 0 Å². The number of fused-ring (bicyclic) bond motifs is 1. The van der Waals surface area contributed by atoms with Crippen molar-refractivity contribution in [1.29, 1.82) is 0 Å². The van der Waals surface area contributed by atoms with E-state index in [9.17, 15) is 13.2 Å². The van der Waals surface area contributed by atoms with Gasteiger partial charge in [-0.15, -0.1) is 0 Å². The van der Waals surface area contributed by atoms with E-state index in [4.69, 9.17) is 0 Å². The molecule has 0 saturated carbocycles. The molecule has 1 amide bonds. The molecule has 1 heterocycles. The first-order valence-electron chi connectivity index (χ1n) is 8.09. The fourth-order valence-corrected chi connectivity index (χ4v) is 3.49. The molecule has 24 heavy (non-hydrogen) atoms. The highest BCUT2D eigenvalue weighted by Gasteiger charge is 2.20. The number of benzene rings is 1. The maximum absolute atomic E-state index is 12.5. The second-order valence-corrected chi connectivity index (χ2v) is 8.22. The molecule has 132 valence electrons. The average molecular weight is 351 g/mol. The summed E-state index contributed by atoms with van der Waals surface area (Å²) in [7, 11) is -0.495. The summed E-state index contributed by atoms with van der Waals surface area (Å²) >= 11 is 0. The summed E-state index contributed by atoms with van der Waals surface area (Å²) in [6.07, 6.45) is 0.851. The molecule has 2 rings (SSSR count). The van der Waals surface area contributed by atoms with Gasteiger partial charge >= 0.3 is 0 Å². The molecule has 2 aromatic rings. The van der Waals surface area contributed by atoms with E-state index >= 15 is 0 Å². The number of sulfonamides is 1. The summed E-state index contributed by atoms with van der Waals surface area (Å²) in [5.74, 6) is -0.139. The van der Waals surface area contributed by atoms with Crippen LogP contribution in [0.4, 0.5) is 0 Å². The molecule has 7 heteroatoms. The molecule has 1 atom stereocenters. The van der Waals surface area contributed by atoms with E-state index < -0.39 is 10.0 Å². The van der Waals surface area contributed by atoms with E-state index in [1.807, 2.05) is 25.3 Å². The Balaban J connectivity index is 2.54. The third-order valence-electron chi connectivity index (χ3n) is 4.19. The van der Waals surface area contributed by atoms with Crippen LogP contribution < -0.4 is 5.32 Å². The van der Waals surface area contributed by atoms with E-state index in [2.05, 4.69) is 5.32 Å². The van der Waals surface area contributed by atoms with E-state index in [1.54, 1.807) is 24.3 Å². The van der Waals surface area contributed by atoms with Gasteiger partial charge in [-0.05, 0) is 44.5 Å². The van der Waals surface area contributed by atoms with Crippen LogP contribution >= 0.6 is 0 Å². The lowest BCUT2D eigenvalue weighted by molar-refractivity contribution is 0.0930. The van der Waals surface area contributed by atoms with E-state index in [0.29, 0.717) is 12.2 Å². The van der Waals surface area contributed by atoms with E-state index in [-0.39, 0.29) is 16.8 Å². The molecule has 1 unspecified atom stereocenters. The smallest absolute Gasteiger partial charge is 0.268 e. The molecule has 1 aromatic carbocycles. The summed E-state index contributed by atoms with van der Waals surface area (Å²) in [5.41, 5.74) is 1.40. The van der Waals surface area contributed by atoms with Gasteiger partial charge in [0.25, 0.3) is 5.91 Å². The first-order valence-corrected chi connectivity index (χ1v) is 9.53. The Kier molecular flexibility index (Phi) is 5.35. The van der Waals surface area contributed by atoms with Crippen molar-refractivity contribution >= 4 is 26.8 Å². The van der Waals surface area contributed by atoms with E-state index in [0.717, 1.165) is 17.3 Å². The van der Waals surface area contributed by atoms with Crippen LogP contribution in [0, 0.1) is 0 Å². The van der Waals surface area contributed by atoms with Gasteiger partial charge in [0.15, 0.2) is 0 Å². The number of carbonyl (C=O) groups excluding carboxylic acids is 1. The zero-order valence-electron chi connectivity index (χ0n) is 14.8. The summed E-state index contributed by atoms with van der Waals surface area (Å²) in [6, 6.07) is 6.81. The summed E-state index contributed by atoms with van der Waals surface area (Å²) in [6.45, 7) is 6.56. The summed E-state index contributed by atoms with van der Waals surface area (Å²) < 4.78 is 27.7. The largest absolute Gasteiger partial charge is 0.348 e. The lowest BCUT2D eigenvalue weighted by Gasteiger charge is -2.13. The fourth-order valence-electron chi connectivity index (χ4n) is 2.55. The maximum Gasteiger partial charge on any atom is 0.268 e. The zero-order valence-corrected chi connectivity index (χ0v) is 15.6. The fraction of sp³-hybridized carbons (Fsp3) is 0.471.